The van der Waals surface area contributed by atoms with Gasteiger partial charge in [0.25, 0.3) is 5.89 Å². The van der Waals surface area contributed by atoms with Crippen molar-refractivity contribution in [1.29, 1.82) is 0 Å². The van der Waals surface area contributed by atoms with E-state index < -0.39 is 0 Å². The van der Waals surface area contributed by atoms with Gasteiger partial charge >= 0.3 is 0 Å². The van der Waals surface area contributed by atoms with Gasteiger partial charge in [-0.2, -0.15) is 4.98 Å². The maximum atomic E-state index is 5.39. The first-order valence-corrected chi connectivity index (χ1v) is 7.54. The van der Waals surface area contributed by atoms with Gasteiger partial charge in [-0.25, -0.2) is 0 Å². The summed E-state index contributed by atoms with van der Waals surface area (Å²) in [5, 5.41) is 7.42. The predicted octanol–water partition coefficient (Wildman–Crippen LogP) is 2.21. The highest BCUT2D eigenvalue weighted by atomic mass is 79.9. The summed E-state index contributed by atoms with van der Waals surface area (Å²) in [6, 6.07) is 6.10. The second kappa shape index (κ2) is 6.03. The second-order valence-corrected chi connectivity index (χ2v) is 5.88. The van der Waals surface area contributed by atoms with Crippen molar-refractivity contribution in [3.8, 4) is 11.5 Å². The molecule has 1 fully saturated rings. The molecule has 6 heteroatoms. The molecule has 1 aromatic heterocycles. The van der Waals surface area contributed by atoms with E-state index in [1.807, 2.05) is 25.1 Å². The van der Waals surface area contributed by atoms with Crippen molar-refractivity contribution in [2.45, 2.75) is 13.5 Å². The molecule has 3 rings (SSSR count). The molecule has 0 unspecified atom stereocenters. The number of hydrogen-bond acceptors (Lipinski definition) is 5. The molecule has 2 heterocycles. The number of benzene rings is 1. The van der Waals surface area contributed by atoms with E-state index in [1.54, 1.807) is 0 Å². The Balaban J connectivity index is 1.77. The van der Waals surface area contributed by atoms with Gasteiger partial charge in [0, 0.05) is 30.7 Å². The molecule has 0 saturated carbocycles. The van der Waals surface area contributed by atoms with Crippen molar-refractivity contribution >= 4 is 15.9 Å². The van der Waals surface area contributed by atoms with Gasteiger partial charge in [-0.05, 0) is 35.0 Å². The molecule has 1 N–H and O–H groups in total. The first-order chi connectivity index (χ1) is 9.72. The summed E-state index contributed by atoms with van der Waals surface area (Å²) in [6.07, 6.45) is 0. The fourth-order valence-corrected chi connectivity index (χ4v) is 2.72. The van der Waals surface area contributed by atoms with E-state index in [2.05, 4.69) is 36.3 Å². The van der Waals surface area contributed by atoms with Crippen molar-refractivity contribution in [1.82, 2.24) is 20.4 Å². The minimum absolute atomic E-state index is 0.575. The van der Waals surface area contributed by atoms with Crippen LogP contribution >= 0.6 is 15.9 Å². The highest BCUT2D eigenvalue weighted by Gasteiger charge is 2.16. The molecule has 1 saturated heterocycles. The molecule has 106 valence electrons. The summed E-state index contributed by atoms with van der Waals surface area (Å²) < 4.78 is 6.37. The normalized spacial score (nSPS) is 16.5. The molecule has 0 atom stereocenters. The molecule has 0 aliphatic carbocycles. The zero-order valence-electron chi connectivity index (χ0n) is 11.4. The van der Waals surface area contributed by atoms with Crippen molar-refractivity contribution in [3.05, 3.63) is 34.1 Å². The van der Waals surface area contributed by atoms with Gasteiger partial charge in [-0.3, -0.25) is 4.90 Å². The third kappa shape index (κ3) is 3.08. The lowest BCUT2D eigenvalue weighted by molar-refractivity contribution is 0.225. The Morgan fingerprint density at radius 1 is 1.35 bits per heavy atom. The van der Waals surface area contributed by atoms with Crippen LogP contribution in [0.25, 0.3) is 11.5 Å². The van der Waals surface area contributed by atoms with Crippen molar-refractivity contribution in [2.75, 3.05) is 26.2 Å². The molecular formula is C14H17BrN4O. The minimum atomic E-state index is 0.575. The Labute approximate surface area is 126 Å². The molecule has 0 radical (unpaired) electrons. The third-order valence-corrected chi connectivity index (χ3v) is 4.09. The Hall–Kier alpha value is -1.24. The fraction of sp³-hybridized carbons (Fsp3) is 0.429. The van der Waals surface area contributed by atoms with E-state index in [0.29, 0.717) is 5.89 Å². The molecule has 2 aromatic rings. The summed E-state index contributed by atoms with van der Waals surface area (Å²) in [5.74, 6) is 1.32. The molecule has 1 aromatic carbocycles. The first-order valence-electron chi connectivity index (χ1n) is 6.74. The van der Waals surface area contributed by atoms with Crippen LogP contribution in [0.2, 0.25) is 0 Å². The molecular weight excluding hydrogens is 320 g/mol. The largest absolute Gasteiger partial charge is 0.334 e. The van der Waals surface area contributed by atoms with Crippen LogP contribution < -0.4 is 5.32 Å². The van der Waals surface area contributed by atoms with Crippen molar-refractivity contribution in [3.63, 3.8) is 0 Å². The molecule has 5 nitrogen and oxygen atoms in total. The summed E-state index contributed by atoms with van der Waals surface area (Å²) in [7, 11) is 0. The SMILES string of the molecule is Cc1ccc(Br)c(-c2nc(CN3CCNCC3)no2)c1. The number of nitrogens with zero attached hydrogens (tertiary/aromatic N) is 3. The van der Waals surface area contributed by atoms with E-state index in [-0.39, 0.29) is 0 Å². The van der Waals surface area contributed by atoms with Gasteiger partial charge in [0.2, 0.25) is 0 Å². The molecule has 20 heavy (non-hydrogen) atoms. The quantitative estimate of drug-likeness (QED) is 0.931. The van der Waals surface area contributed by atoms with Crippen LogP contribution in [-0.2, 0) is 6.54 Å². The topological polar surface area (TPSA) is 54.2 Å². The lowest BCUT2D eigenvalue weighted by atomic mass is 10.1. The van der Waals surface area contributed by atoms with Crippen molar-refractivity contribution in [2.24, 2.45) is 0 Å². The fourth-order valence-electron chi connectivity index (χ4n) is 2.30. The minimum Gasteiger partial charge on any atom is -0.334 e. The summed E-state index contributed by atoms with van der Waals surface area (Å²) in [5.41, 5.74) is 2.12. The average molecular weight is 337 g/mol. The van der Waals surface area contributed by atoms with E-state index in [1.165, 1.54) is 5.56 Å². The number of aromatic nitrogens is 2. The third-order valence-electron chi connectivity index (χ3n) is 3.40. The monoisotopic (exact) mass is 336 g/mol. The Bertz CT molecular complexity index is 593. The maximum Gasteiger partial charge on any atom is 0.259 e. The van der Waals surface area contributed by atoms with E-state index in [0.717, 1.165) is 48.6 Å². The van der Waals surface area contributed by atoms with Gasteiger partial charge < -0.3 is 9.84 Å². The van der Waals surface area contributed by atoms with Crippen LogP contribution in [0, 0.1) is 6.92 Å². The summed E-state index contributed by atoms with van der Waals surface area (Å²) in [6.45, 7) is 6.89. The Morgan fingerprint density at radius 3 is 2.95 bits per heavy atom. The zero-order chi connectivity index (χ0) is 13.9. The average Bonchev–Trinajstić information content (AvgIpc) is 2.91. The van der Waals surface area contributed by atoms with Gasteiger partial charge in [0.15, 0.2) is 5.82 Å². The van der Waals surface area contributed by atoms with Crippen LogP contribution in [0.3, 0.4) is 0 Å². The van der Waals surface area contributed by atoms with Crippen LogP contribution in [0.4, 0.5) is 0 Å². The highest BCUT2D eigenvalue weighted by molar-refractivity contribution is 9.10. The molecule has 0 bridgehead atoms. The van der Waals surface area contributed by atoms with Gasteiger partial charge in [0.1, 0.15) is 0 Å². The van der Waals surface area contributed by atoms with E-state index >= 15 is 0 Å². The molecule has 0 amide bonds. The predicted molar refractivity (Wildman–Crippen MR) is 80.3 cm³/mol. The van der Waals surface area contributed by atoms with Crippen LogP contribution in [0.1, 0.15) is 11.4 Å². The first kappa shape index (κ1) is 13.7. The number of piperazine rings is 1. The van der Waals surface area contributed by atoms with Gasteiger partial charge in [-0.1, -0.05) is 16.8 Å². The molecule has 1 aliphatic heterocycles. The number of nitrogens with one attached hydrogen (secondary N) is 1. The standard InChI is InChI=1S/C14H17BrN4O/c1-10-2-3-12(15)11(8-10)14-17-13(18-20-14)9-19-6-4-16-5-7-19/h2-3,8,16H,4-7,9H2,1H3. The van der Waals surface area contributed by atoms with Crippen LogP contribution in [-0.4, -0.2) is 41.2 Å². The van der Waals surface area contributed by atoms with Crippen molar-refractivity contribution < 1.29 is 4.52 Å². The molecule has 0 spiro atoms. The van der Waals surface area contributed by atoms with Crippen LogP contribution in [0.5, 0.6) is 0 Å². The molecule has 1 aliphatic rings. The van der Waals surface area contributed by atoms with Gasteiger partial charge in [-0.15, -0.1) is 0 Å². The van der Waals surface area contributed by atoms with Crippen LogP contribution in [0.15, 0.2) is 27.2 Å². The number of halogens is 1. The smallest absolute Gasteiger partial charge is 0.259 e. The van der Waals surface area contributed by atoms with E-state index in [4.69, 9.17) is 4.52 Å². The van der Waals surface area contributed by atoms with Gasteiger partial charge in [0.05, 0.1) is 12.1 Å². The Morgan fingerprint density at radius 2 is 2.15 bits per heavy atom. The summed E-state index contributed by atoms with van der Waals surface area (Å²) >= 11 is 3.53. The number of rotatable bonds is 3. The van der Waals surface area contributed by atoms with E-state index in [9.17, 15) is 0 Å². The second-order valence-electron chi connectivity index (χ2n) is 5.03. The highest BCUT2D eigenvalue weighted by Crippen LogP contribution is 2.27. The summed E-state index contributed by atoms with van der Waals surface area (Å²) in [4.78, 5) is 6.84. The number of aryl methyl sites for hydroxylation is 1. The zero-order valence-corrected chi connectivity index (χ0v) is 13.0. The lowest BCUT2D eigenvalue weighted by Crippen LogP contribution is -2.43. The number of hydrogen-bond donors (Lipinski definition) is 1. The lowest BCUT2D eigenvalue weighted by Gasteiger charge is -2.25. The Kier molecular flexibility index (Phi) is 4.14. The maximum absolute atomic E-state index is 5.39.